The van der Waals surface area contributed by atoms with E-state index in [4.69, 9.17) is 9.84 Å². The summed E-state index contributed by atoms with van der Waals surface area (Å²) >= 11 is 1.29. The molecule has 1 aromatic heterocycles. The number of aromatic amines is 1. The number of amides is 1. The van der Waals surface area contributed by atoms with Crippen molar-refractivity contribution < 1.29 is 19.4 Å². The maximum absolute atomic E-state index is 11.9. The third-order valence-electron chi connectivity index (χ3n) is 2.79. The molecule has 1 aliphatic heterocycles. The molecule has 0 aliphatic carbocycles. The Morgan fingerprint density at radius 2 is 2.19 bits per heavy atom. The van der Waals surface area contributed by atoms with E-state index in [0.717, 1.165) is 0 Å². The molecule has 116 valence electrons. The molecule has 0 radical (unpaired) electrons. The van der Waals surface area contributed by atoms with Crippen LogP contribution < -0.4 is 0 Å². The van der Waals surface area contributed by atoms with Gasteiger partial charge in [-0.15, -0.1) is 0 Å². The molecule has 2 N–H and O–H groups in total. The van der Waals surface area contributed by atoms with Crippen molar-refractivity contribution in [2.24, 2.45) is 0 Å². The van der Waals surface area contributed by atoms with Crippen LogP contribution in [0.4, 0.5) is 4.79 Å². The van der Waals surface area contributed by atoms with Crippen LogP contribution in [-0.4, -0.2) is 60.7 Å². The lowest BCUT2D eigenvalue weighted by atomic mass is 9.95. The highest BCUT2D eigenvalue weighted by Gasteiger charge is 2.49. The number of nitrogens with zero attached hydrogens (tertiary/aromatic N) is 3. The second-order valence-electron chi connectivity index (χ2n) is 5.98. The van der Waals surface area contributed by atoms with Gasteiger partial charge in [0.15, 0.2) is 5.16 Å². The Morgan fingerprint density at radius 3 is 2.67 bits per heavy atom. The van der Waals surface area contributed by atoms with E-state index in [2.05, 4.69) is 15.2 Å². The number of likely N-dealkylation sites (tertiary alicyclic amines) is 1. The predicted molar refractivity (Wildman–Crippen MR) is 75.0 cm³/mol. The van der Waals surface area contributed by atoms with Crippen LogP contribution in [0.25, 0.3) is 0 Å². The first-order valence-corrected chi connectivity index (χ1v) is 7.25. The third kappa shape index (κ3) is 4.10. The number of rotatable bonds is 4. The normalized spacial score (nSPS) is 17.2. The second-order valence-corrected chi connectivity index (χ2v) is 7.44. The minimum absolute atomic E-state index is 0.0579. The molecule has 1 saturated heterocycles. The lowest BCUT2D eigenvalue weighted by Crippen LogP contribution is -2.62. The van der Waals surface area contributed by atoms with Crippen molar-refractivity contribution in [2.45, 2.75) is 42.7 Å². The van der Waals surface area contributed by atoms with Gasteiger partial charge in [0.2, 0.25) is 0 Å². The largest absolute Gasteiger partial charge is 0.481 e. The lowest BCUT2D eigenvalue weighted by molar-refractivity contribution is -0.138. The number of H-pyrrole nitrogens is 1. The number of carboxylic acid groups (broad SMARTS) is 1. The number of aromatic nitrogens is 3. The van der Waals surface area contributed by atoms with Gasteiger partial charge in [0, 0.05) is 13.1 Å². The van der Waals surface area contributed by atoms with Crippen LogP contribution in [0, 0.1) is 0 Å². The van der Waals surface area contributed by atoms with E-state index >= 15 is 0 Å². The van der Waals surface area contributed by atoms with Crippen LogP contribution in [0.3, 0.4) is 0 Å². The number of hydrogen-bond acceptors (Lipinski definition) is 6. The Hall–Kier alpha value is -1.77. The molecule has 1 fully saturated rings. The molecular formula is C12H18N4O4S. The fourth-order valence-corrected chi connectivity index (χ4v) is 3.29. The summed E-state index contributed by atoms with van der Waals surface area (Å²) in [6, 6.07) is 0. The average Bonchev–Trinajstić information content (AvgIpc) is 2.74. The van der Waals surface area contributed by atoms with Crippen LogP contribution in [0.15, 0.2) is 11.5 Å². The summed E-state index contributed by atoms with van der Waals surface area (Å²) in [7, 11) is 0. The molecule has 2 heterocycles. The number of carboxylic acids is 1. The average molecular weight is 314 g/mol. The smallest absolute Gasteiger partial charge is 0.410 e. The van der Waals surface area contributed by atoms with Gasteiger partial charge in [-0.2, -0.15) is 5.10 Å². The molecule has 2 rings (SSSR count). The van der Waals surface area contributed by atoms with Gasteiger partial charge in [-0.1, -0.05) is 11.8 Å². The van der Waals surface area contributed by atoms with Gasteiger partial charge in [-0.3, -0.25) is 9.89 Å². The van der Waals surface area contributed by atoms with Crippen molar-refractivity contribution in [3.8, 4) is 0 Å². The molecule has 21 heavy (non-hydrogen) atoms. The molecule has 1 aliphatic rings. The molecule has 0 spiro atoms. The van der Waals surface area contributed by atoms with Crippen molar-refractivity contribution in [2.75, 3.05) is 13.1 Å². The van der Waals surface area contributed by atoms with Crippen LogP contribution >= 0.6 is 11.8 Å². The molecule has 1 amide bonds. The van der Waals surface area contributed by atoms with Crippen molar-refractivity contribution in [3.05, 3.63) is 6.33 Å². The van der Waals surface area contributed by atoms with Gasteiger partial charge in [0.1, 0.15) is 11.9 Å². The summed E-state index contributed by atoms with van der Waals surface area (Å²) in [5, 5.41) is 16.0. The SMILES string of the molecule is CC(C)(C)OC(=O)N1CC(CC(=O)O)(Sc2ncn[nH]2)C1. The van der Waals surface area contributed by atoms with E-state index in [0.29, 0.717) is 18.2 Å². The number of aliphatic carboxylic acids is 1. The zero-order valence-electron chi connectivity index (χ0n) is 12.1. The van der Waals surface area contributed by atoms with Gasteiger partial charge in [-0.25, -0.2) is 9.78 Å². The summed E-state index contributed by atoms with van der Waals surface area (Å²) in [6.07, 6.45) is 0.875. The Labute approximate surface area is 126 Å². The number of carbonyl (C=O) groups is 2. The van der Waals surface area contributed by atoms with Crippen molar-refractivity contribution in [1.29, 1.82) is 0 Å². The van der Waals surface area contributed by atoms with Crippen LogP contribution in [0.1, 0.15) is 27.2 Å². The predicted octanol–water partition coefficient (Wildman–Crippen LogP) is 1.36. The van der Waals surface area contributed by atoms with E-state index in [1.165, 1.54) is 23.0 Å². The first-order chi connectivity index (χ1) is 9.69. The van der Waals surface area contributed by atoms with E-state index in [-0.39, 0.29) is 6.42 Å². The summed E-state index contributed by atoms with van der Waals surface area (Å²) in [4.78, 5) is 28.5. The van der Waals surface area contributed by atoms with Gasteiger partial charge in [0.05, 0.1) is 11.2 Å². The van der Waals surface area contributed by atoms with Crippen LogP contribution in [0.2, 0.25) is 0 Å². The highest BCUT2D eigenvalue weighted by atomic mass is 32.2. The quantitative estimate of drug-likeness (QED) is 0.863. The lowest BCUT2D eigenvalue weighted by Gasteiger charge is -2.48. The Morgan fingerprint density at radius 1 is 1.52 bits per heavy atom. The van der Waals surface area contributed by atoms with Gasteiger partial charge >= 0.3 is 12.1 Å². The second kappa shape index (κ2) is 5.55. The molecule has 8 nitrogen and oxygen atoms in total. The number of carbonyl (C=O) groups excluding carboxylic acids is 1. The van der Waals surface area contributed by atoms with Crippen LogP contribution in [0.5, 0.6) is 0 Å². The minimum Gasteiger partial charge on any atom is -0.481 e. The Bertz CT molecular complexity index is 520. The monoisotopic (exact) mass is 314 g/mol. The highest BCUT2D eigenvalue weighted by molar-refractivity contribution is 8.00. The third-order valence-corrected chi connectivity index (χ3v) is 4.01. The molecule has 0 saturated carbocycles. The Balaban J connectivity index is 1.99. The van der Waals surface area contributed by atoms with E-state index in [9.17, 15) is 9.59 Å². The van der Waals surface area contributed by atoms with E-state index < -0.39 is 22.4 Å². The summed E-state index contributed by atoms with van der Waals surface area (Å²) < 4.78 is 4.67. The molecule has 0 bridgehead atoms. The number of ether oxygens (including phenoxy) is 1. The van der Waals surface area contributed by atoms with Crippen molar-refractivity contribution >= 4 is 23.8 Å². The summed E-state index contributed by atoms with van der Waals surface area (Å²) in [5.74, 6) is -0.911. The zero-order valence-corrected chi connectivity index (χ0v) is 12.9. The maximum Gasteiger partial charge on any atom is 0.410 e. The first-order valence-electron chi connectivity index (χ1n) is 6.43. The molecular weight excluding hydrogens is 296 g/mol. The van der Waals surface area contributed by atoms with Crippen molar-refractivity contribution in [1.82, 2.24) is 20.1 Å². The molecule has 0 unspecified atom stereocenters. The van der Waals surface area contributed by atoms with Gasteiger partial charge in [0.25, 0.3) is 0 Å². The highest BCUT2D eigenvalue weighted by Crippen LogP contribution is 2.41. The fraction of sp³-hybridized carbons (Fsp3) is 0.667. The maximum atomic E-state index is 11.9. The number of nitrogens with one attached hydrogen (secondary N) is 1. The van der Waals surface area contributed by atoms with Crippen LogP contribution in [-0.2, 0) is 9.53 Å². The van der Waals surface area contributed by atoms with E-state index in [1.54, 1.807) is 20.8 Å². The van der Waals surface area contributed by atoms with E-state index in [1.807, 2.05) is 0 Å². The number of thioether (sulfide) groups is 1. The first kappa shape index (κ1) is 15.6. The molecule has 0 aromatic carbocycles. The molecule has 1 aromatic rings. The summed E-state index contributed by atoms with van der Waals surface area (Å²) in [5.41, 5.74) is -0.569. The van der Waals surface area contributed by atoms with Gasteiger partial charge in [-0.05, 0) is 20.8 Å². The van der Waals surface area contributed by atoms with Gasteiger partial charge < -0.3 is 14.7 Å². The standard InChI is InChI=1S/C12H18N4O4S/c1-11(2,3)20-10(19)16-5-12(6-16,4-8(17)18)21-9-13-7-14-15-9/h7H,4-6H2,1-3H3,(H,17,18)(H,13,14,15). The van der Waals surface area contributed by atoms with Crippen molar-refractivity contribution in [3.63, 3.8) is 0 Å². The zero-order chi connectivity index (χ0) is 15.7. The molecule has 0 atom stereocenters. The topological polar surface area (TPSA) is 108 Å². The molecule has 9 heteroatoms. The minimum atomic E-state index is -0.911. The number of hydrogen-bond donors (Lipinski definition) is 2. The Kier molecular flexibility index (Phi) is 4.13. The fourth-order valence-electron chi connectivity index (χ4n) is 2.04. The summed E-state index contributed by atoms with van der Waals surface area (Å²) in [6.45, 7) is 5.98.